The Hall–Kier alpha value is -2.48. The fraction of sp³-hybridized carbons (Fsp3) is 0.286. The van der Waals surface area contributed by atoms with Gasteiger partial charge in [-0.1, -0.05) is 0 Å². The molecule has 0 saturated carbocycles. The predicted octanol–water partition coefficient (Wildman–Crippen LogP) is 2.22. The van der Waals surface area contributed by atoms with Crippen LogP contribution in [0.2, 0.25) is 0 Å². The number of ether oxygens (including phenoxy) is 1. The molecule has 0 saturated heterocycles. The SMILES string of the molecule is COc1cc(C#N)ccc1NCc1cn(C)nc1C. The fourth-order valence-corrected chi connectivity index (χ4v) is 1.92. The Bertz CT molecular complexity index is 625. The lowest BCUT2D eigenvalue weighted by molar-refractivity contribution is 0.416. The fourth-order valence-electron chi connectivity index (χ4n) is 1.92. The second kappa shape index (κ2) is 5.44. The zero-order valence-electron chi connectivity index (χ0n) is 11.3. The van der Waals surface area contributed by atoms with Gasteiger partial charge < -0.3 is 10.1 Å². The van der Waals surface area contributed by atoms with Crippen molar-refractivity contribution in [3.8, 4) is 11.8 Å². The van der Waals surface area contributed by atoms with E-state index in [9.17, 15) is 0 Å². The van der Waals surface area contributed by atoms with Crippen LogP contribution in [0.25, 0.3) is 0 Å². The van der Waals surface area contributed by atoms with Crippen LogP contribution in [-0.2, 0) is 13.6 Å². The topological polar surface area (TPSA) is 62.9 Å². The highest BCUT2D eigenvalue weighted by Gasteiger charge is 2.06. The van der Waals surface area contributed by atoms with Crippen molar-refractivity contribution in [2.75, 3.05) is 12.4 Å². The van der Waals surface area contributed by atoms with Crippen molar-refractivity contribution >= 4 is 5.69 Å². The Morgan fingerprint density at radius 1 is 1.47 bits per heavy atom. The smallest absolute Gasteiger partial charge is 0.143 e. The van der Waals surface area contributed by atoms with Gasteiger partial charge >= 0.3 is 0 Å². The Kier molecular flexibility index (Phi) is 3.71. The molecule has 0 amide bonds. The second-order valence-electron chi connectivity index (χ2n) is 4.29. The van der Waals surface area contributed by atoms with Gasteiger partial charge in [0.05, 0.1) is 30.1 Å². The zero-order valence-corrected chi connectivity index (χ0v) is 11.3. The highest BCUT2D eigenvalue weighted by atomic mass is 16.5. The van der Waals surface area contributed by atoms with E-state index in [0.717, 1.165) is 16.9 Å². The number of nitrogens with one attached hydrogen (secondary N) is 1. The first-order chi connectivity index (χ1) is 9.13. The third kappa shape index (κ3) is 2.86. The van der Waals surface area contributed by atoms with E-state index < -0.39 is 0 Å². The average molecular weight is 256 g/mol. The molecule has 0 aliphatic rings. The van der Waals surface area contributed by atoms with Crippen LogP contribution < -0.4 is 10.1 Å². The Balaban J connectivity index is 2.15. The molecule has 98 valence electrons. The summed E-state index contributed by atoms with van der Waals surface area (Å²) in [5, 5.41) is 16.5. The molecule has 19 heavy (non-hydrogen) atoms. The summed E-state index contributed by atoms with van der Waals surface area (Å²) in [6.45, 7) is 2.65. The minimum absolute atomic E-state index is 0.583. The van der Waals surface area contributed by atoms with Gasteiger partial charge in [-0.15, -0.1) is 0 Å². The third-order valence-corrected chi connectivity index (χ3v) is 2.92. The van der Waals surface area contributed by atoms with E-state index in [1.165, 1.54) is 0 Å². The first-order valence-electron chi connectivity index (χ1n) is 5.95. The van der Waals surface area contributed by atoms with Crippen molar-refractivity contribution in [2.45, 2.75) is 13.5 Å². The highest BCUT2D eigenvalue weighted by molar-refractivity contribution is 5.59. The second-order valence-corrected chi connectivity index (χ2v) is 4.29. The maximum Gasteiger partial charge on any atom is 0.143 e. The molecular formula is C14H16N4O. The van der Waals surface area contributed by atoms with Gasteiger partial charge in [-0.05, 0) is 19.1 Å². The number of nitrogens with zero attached hydrogens (tertiary/aromatic N) is 3. The third-order valence-electron chi connectivity index (χ3n) is 2.92. The molecule has 2 aromatic rings. The lowest BCUT2D eigenvalue weighted by Crippen LogP contribution is -2.02. The molecule has 1 N–H and O–H groups in total. The number of hydrogen-bond donors (Lipinski definition) is 1. The van der Waals surface area contributed by atoms with E-state index in [-0.39, 0.29) is 0 Å². The van der Waals surface area contributed by atoms with Crippen LogP contribution in [0.5, 0.6) is 5.75 Å². The summed E-state index contributed by atoms with van der Waals surface area (Å²) >= 11 is 0. The van der Waals surface area contributed by atoms with Gasteiger partial charge in [-0.25, -0.2) is 0 Å². The first-order valence-corrected chi connectivity index (χ1v) is 5.95. The van der Waals surface area contributed by atoms with Crippen molar-refractivity contribution < 1.29 is 4.74 Å². The quantitative estimate of drug-likeness (QED) is 0.911. The lowest BCUT2D eigenvalue weighted by atomic mass is 10.2. The summed E-state index contributed by atoms with van der Waals surface area (Å²) in [6.07, 6.45) is 1.98. The molecule has 0 atom stereocenters. The standard InChI is InChI=1S/C14H16N4O/c1-10-12(9-18(2)17-10)8-16-13-5-4-11(7-15)6-14(13)19-3/h4-6,9,16H,8H2,1-3H3. The number of aromatic nitrogens is 2. The zero-order chi connectivity index (χ0) is 13.8. The number of aryl methyl sites for hydroxylation is 2. The first kappa shape index (κ1) is 13.0. The van der Waals surface area contributed by atoms with E-state index in [1.54, 1.807) is 23.9 Å². The number of hydrogen-bond acceptors (Lipinski definition) is 4. The van der Waals surface area contributed by atoms with Crippen LogP contribution in [0.3, 0.4) is 0 Å². The van der Waals surface area contributed by atoms with Crippen molar-refractivity contribution in [1.29, 1.82) is 5.26 Å². The Morgan fingerprint density at radius 2 is 2.26 bits per heavy atom. The molecule has 0 fully saturated rings. The van der Waals surface area contributed by atoms with E-state index in [1.807, 2.05) is 26.2 Å². The van der Waals surface area contributed by atoms with E-state index in [4.69, 9.17) is 10.00 Å². The maximum absolute atomic E-state index is 8.86. The molecule has 1 aromatic carbocycles. The van der Waals surface area contributed by atoms with Crippen LogP contribution in [0.4, 0.5) is 5.69 Å². The summed E-state index contributed by atoms with van der Waals surface area (Å²) in [5.41, 5.74) is 3.58. The van der Waals surface area contributed by atoms with Gasteiger partial charge in [0.15, 0.2) is 0 Å². The van der Waals surface area contributed by atoms with Crippen molar-refractivity contribution in [3.63, 3.8) is 0 Å². The van der Waals surface area contributed by atoms with Crippen LogP contribution in [-0.4, -0.2) is 16.9 Å². The number of nitriles is 1. The van der Waals surface area contributed by atoms with E-state index in [2.05, 4.69) is 16.5 Å². The molecule has 5 nitrogen and oxygen atoms in total. The highest BCUT2D eigenvalue weighted by Crippen LogP contribution is 2.26. The molecule has 5 heteroatoms. The minimum Gasteiger partial charge on any atom is -0.495 e. The number of methoxy groups -OCH3 is 1. The molecular weight excluding hydrogens is 240 g/mol. The van der Waals surface area contributed by atoms with Crippen molar-refractivity contribution in [3.05, 3.63) is 41.2 Å². The largest absolute Gasteiger partial charge is 0.495 e. The van der Waals surface area contributed by atoms with Gasteiger partial charge in [0.1, 0.15) is 5.75 Å². The summed E-state index contributed by atoms with van der Waals surface area (Å²) < 4.78 is 7.07. The van der Waals surface area contributed by atoms with Gasteiger partial charge in [-0.2, -0.15) is 10.4 Å². The maximum atomic E-state index is 8.86. The van der Waals surface area contributed by atoms with Gasteiger partial charge in [0.25, 0.3) is 0 Å². The molecule has 1 aromatic heterocycles. The minimum atomic E-state index is 0.583. The van der Waals surface area contributed by atoms with Gasteiger partial charge in [-0.3, -0.25) is 4.68 Å². The number of anilines is 1. The average Bonchev–Trinajstić information content (AvgIpc) is 2.74. The lowest BCUT2D eigenvalue weighted by Gasteiger charge is -2.10. The summed E-state index contributed by atoms with van der Waals surface area (Å²) in [6, 6.07) is 7.43. The monoisotopic (exact) mass is 256 g/mol. The van der Waals surface area contributed by atoms with Crippen molar-refractivity contribution in [1.82, 2.24) is 9.78 Å². The molecule has 0 unspecified atom stereocenters. The Morgan fingerprint density at radius 3 is 2.84 bits per heavy atom. The predicted molar refractivity (Wildman–Crippen MR) is 73.0 cm³/mol. The molecule has 1 heterocycles. The number of rotatable bonds is 4. The van der Waals surface area contributed by atoms with E-state index in [0.29, 0.717) is 17.9 Å². The van der Waals surface area contributed by atoms with Crippen LogP contribution in [0, 0.1) is 18.3 Å². The molecule has 0 aliphatic carbocycles. The van der Waals surface area contributed by atoms with E-state index >= 15 is 0 Å². The molecule has 0 spiro atoms. The van der Waals surface area contributed by atoms with Gasteiger partial charge in [0.2, 0.25) is 0 Å². The molecule has 2 rings (SSSR count). The van der Waals surface area contributed by atoms with Crippen LogP contribution >= 0.6 is 0 Å². The summed E-state index contributed by atoms with van der Waals surface area (Å²) in [4.78, 5) is 0. The molecule has 0 bridgehead atoms. The number of benzene rings is 1. The molecule has 0 radical (unpaired) electrons. The van der Waals surface area contributed by atoms with Crippen molar-refractivity contribution in [2.24, 2.45) is 7.05 Å². The van der Waals surface area contributed by atoms with Crippen LogP contribution in [0.1, 0.15) is 16.8 Å². The summed E-state index contributed by atoms with van der Waals surface area (Å²) in [5.74, 6) is 0.667. The molecule has 0 aliphatic heterocycles. The summed E-state index contributed by atoms with van der Waals surface area (Å²) in [7, 11) is 3.50. The van der Waals surface area contributed by atoms with Crippen LogP contribution in [0.15, 0.2) is 24.4 Å². The normalized spacial score (nSPS) is 10.0. The van der Waals surface area contributed by atoms with Gasteiger partial charge in [0, 0.05) is 31.4 Å². The Labute approximate surface area is 112 Å².